The van der Waals surface area contributed by atoms with Crippen LogP contribution in [0.2, 0.25) is 0 Å². The van der Waals surface area contributed by atoms with Crippen LogP contribution in [0.3, 0.4) is 0 Å². The van der Waals surface area contributed by atoms with Gasteiger partial charge in [-0.2, -0.15) is 0 Å². The van der Waals surface area contributed by atoms with E-state index < -0.39 is 0 Å². The van der Waals surface area contributed by atoms with Crippen LogP contribution in [0.25, 0.3) is 0 Å². The highest BCUT2D eigenvalue weighted by atomic mass is 32.1. The van der Waals surface area contributed by atoms with Gasteiger partial charge in [0.25, 0.3) is 0 Å². The van der Waals surface area contributed by atoms with Crippen LogP contribution in [0.4, 0.5) is 5.00 Å². The fourth-order valence-corrected chi connectivity index (χ4v) is 1.79. The van der Waals surface area contributed by atoms with Crippen LogP contribution in [0.1, 0.15) is 6.42 Å². The molecule has 3 N–H and O–H groups in total. The number of guanidine groups is 1. The topological polar surface area (TPSA) is 50.4 Å². The normalized spacial score (nSPS) is 15.7. The van der Waals surface area contributed by atoms with Gasteiger partial charge in [0, 0.05) is 12.1 Å². The van der Waals surface area contributed by atoms with Gasteiger partial charge >= 0.3 is 0 Å². The molecule has 0 aliphatic heterocycles. The second kappa shape index (κ2) is 4.11. The van der Waals surface area contributed by atoms with Gasteiger partial charge in [0.05, 0.1) is 0 Å². The van der Waals surface area contributed by atoms with Gasteiger partial charge in [0.2, 0.25) is 0 Å². The molecule has 0 fully saturated rings. The van der Waals surface area contributed by atoms with Gasteiger partial charge in [0.1, 0.15) is 5.00 Å². The van der Waals surface area contributed by atoms with E-state index >= 15 is 0 Å². The molecule has 0 spiro atoms. The summed E-state index contributed by atoms with van der Waals surface area (Å²) >= 11 is 1.57. The molecule has 0 atom stereocenters. The molecule has 1 aliphatic rings. The molecule has 0 aromatic carbocycles. The Hall–Kier alpha value is -1.55. The summed E-state index contributed by atoms with van der Waals surface area (Å²) in [7, 11) is 0. The number of thiophene rings is 1. The molecule has 0 amide bonds. The van der Waals surface area contributed by atoms with Gasteiger partial charge in [-0.25, -0.2) is 4.99 Å². The van der Waals surface area contributed by atoms with Gasteiger partial charge in [-0.3, -0.25) is 0 Å². The summed E-state index contributed by atoms with van der Waals surface area (Å²) in [6.45, 7) is 0. The van der Waals surface area contributed by atoms with E-state index in [1.54, 1.807) is 11.3 Å². The van der Waals surface area contributed by atoms with Gasteiger partial charge < -0.3 is 11.1 Å². The Morgan fingerprint density at radius 1 is 1.57 bits per heavy atom. The molecule has 0 saturated carbocycles. The molecule has 14 heavy (non-hydrogen) atoms. The number of aliphatic imine (C=N–C) groups is 1. The minimum atomic E-state index is 0.447. The Balaban J connectivity index is 1.98. The lowest BCUT2D eigenvalue weighted by Crippen LogP contribution is -2.29. The number of nitrogens with two attached hydrogens (primary N) is 1. The molecule has 1 aromatic rings. The predicted molar refractivity (Wildman–Crippen MR) is 60.6 cm³/mol. The van der Waals surface area contributed by atoms with E-state index in [1.165, 1.54) is 0 Å². The van der Waals surface area contributed by atoms with Crippen molar-refractivity contribution in [1.82, 2.24) is 5.32 Å². The molecule has 1 aliphatic carbocycles. The minimum Gasteiger partial charge on any atom is -0.369 e. The van der Waals surface area contributed by atoms with Crippen molar-refractivity contribution in [1.29, 1.82) is 0 Å². The van der Waals surface area contributed by atoms with E-state index in [0.29, 0.717) is 5.96 Å². The average molecular weight is 205 g/mol. The largest absolute Gasteiger partial charge is 0.369 e. The Morgan fingerprint density at radius 2 is 2.50 bits per heavy atom. The molecule has 4 heteroatoms. The van der Waals surface area contributed by atoms with Crippen LogP contribution in [-0.4, -0.2) is 5.96 Å². The Labute approximate surface area is 86.7 Å². The van der Waals surface area contributed by atoms with Crippen molar-refractivity contribution in [3.8, 4) is 0 Å². The summed E-state index contributed by atoms with van der Waals surface area (Å²) in [6, 6.07) is 3.88. The molecule has 2 rings (SSSR count). The van der Waals surface area contributed by atoms with E-state index in [2.05, 4.69) is 16.4 Å². The van der Waals surface area contributed by atoms with Crippen molar-refractivity contribution in [2.24, 2.45) is 10.7 Å². The number of hydrogen-bond acceptors (Lipinski definition) is 2. The SMILES string of the molecule is NC(=Nc1cccs1)NC1=CC=CC1. The van der Waals surface area contributed by atoms with Crippen molar-refractivity contribution in [2.45, 2.75) is 6.42 Å². The first kappa shape index (κ1) is 9.02. The zero-order valence-electron chi connectivity index (χ0n) is 7.60. The quantitative estimate of drug-likeness (QED) is 0.574. The lowest BCUT2D eigenvalue weighted by molar-refractivity contribution is 1.04. The molecule has 0 saturated heterocycles. The first-order chi connectivity index (χ1) is 6.84. The highest BCUT2D eigenvalue weighted by Crippen LogP contribution is 2.18. The number of nitrogens with zero attached hydrogens (tertiary/aromatic N) is 1. The van der Waals surface area contributed by atoms with Crippen LogP contribution in [0.15, 0.2) is 46.4 Å². The molecule has 0 unspecified atom stereocenters. The van der Waals surface area contributed by atoms with E-state index in [1.807, 2.05) is 29.7 Å². The highest BCUT2D eigenvalue weighted by molar-refractivity contribution is 7.13. The van der Waals surface area contributed by atoms with E-state index in [-0.39, 0.29) is 0 Å². The fraction of sp³-hybridized carbons (Fsp3) is 0.100. The number of nitrogens with one attached hydrogen (secondary N) is 1. The first-order valence-corrected chi connectivity index (χ1v) is 5.23. The average Bonchev–Trinajstić information content (AvgIpc) is 2.76. The first-order valence-electron chi connectivity index (χ1n) is 4.35. The summed E-state index contributed by atoms with van der Waals surface area (Å²) < 4.78 is 0. The smallest absolute Gasteiger partial charge is 0.198 e. The van der Waals surface area contributed by atoms with Gasteiger partial charge in [0.15, 0.2) is 5.96 Å². The van der Waals surface area contributed by atoms with Gasteiger partial charge in [-0.15, -0.1) is 11.3 Å². The standard InChI is InChI=1S/C10H11N3S/c11-10(12-8-4-1-2-5-8)13-9-6-3-7-14-9/h1-4,6-7H,5H2,(H3,11,12,13). The van der Waals surface area contributed by atoms with Crippen LogP contribution in [-0.2, 0) is 0 Å². The zero-order chi connectivity index (χ0) is 9.80. The predicted octanol–water partition coefficient (Wildman–Crippen LogP) is 2.13. The molecular formula is C10H11N3S. The minimum absolute atomic E-state index is 0.447. The zero-order valence-corrected chi connectivity index (χ0v) is 8.42. The molecule has 1 heterocycles. The number of allylic oxidation sites excluding steroid dienone is 3. The molecule has 1 aromatic heterocycles. The van der Waals surface area contributed by atoms with E-state index in [0.717, 1.165) is 17.1 Å². The summed E-state index contributed by atoms with van der Waals surface area (Å²) in [5.74, 6) is 0.447. The fourth-order valence-electron chi connectivity index (χ4n) is 1.18. The van der Waals surface area contributed by atoms with Crippen LogP contribution >= 0.6 is 11.3 Å². The van der Waals surface area contributed by atoms with Gasteiger partial charge in [-0.05, 0) is 23.6 Å². The lowest BCUT2D eigenvalue weighted by Gasteiger charge is -2.04. The maximum atomic E-state index is 5.72. The summed E-state index contributed by atoms with van der Waals surface area (Å²) in [5.41, 5.74) is 6.81. The Bertz CT molecular complexity index is 388. The van der Waals surface area contributed by atoms with Crippen molar-refractivity contribution in [3.63, 3.8) is 0 Å². The second-order valence-electron chi connectivity index (χ2n) is 2.90. The second-order valence-corrected chi connectivity index (χ2v) is 3.82. The van der Waals surface area contributed by atoms with Crippen LogP contribution < -0.4 is 11.1 Å². The summed E-state index contributed by atoms with van der Waals surface area (Å²) in [6.07, 6.45) is 6.97. The van der Waals surface area contributed by atoms with Crippen molar-refractivity contribution < 1.29 is 0 Å². The molecule has 0 bridgehead atoms. The number of rotatable bonds is 2. The third-order valence-corrected chi connectivity index (χ3v) is 2.56. The monoisotopic (exact) mass is 205 g/mol. The van der Waals surface area contributed by atoms with Crippen molar-refractivity contribution >= 4 is 22.3 Å². The third kappa shape index (κ3) is 2.23. The molecular weight excluding hydrogens is 194 g/mol. The maximum absolute atomic E-state index is 5.72. The molecule has 72 valence electrons. The Kier molecular flexibility index (Phi) is 2.65. The Morgan fingerprint density at radius 3 is 3.14 bits per heavy atom. The van der Waals surface area contributed by atoms with E-state index in [4.69, 9.17) is 5.73 Å². The van der Waals surface area contributed by atoms with Crippen LogP contribution in [0.5, 0.6) is 0 Å². The van der Waals surface area contributed by atoms with E-state index in [9.17, 15) is 0 Å². The van der Waals surface area contributed by atoms with Crippen molar-refractivity contribution in [2.75, 3.05) is 0 Å². The maximum Gasteiger partial charge on any atom is 0.198 e. The molecule has 0 radical (unpaired) electrons. The highest BCUT2D eigenvalue weighted by Gasteiger charge is 2.00. The van der Waals surface area contributed by atoms with Crippen LogP contribution in [0, 0.1) is 0 Å². The summed E-state index contributed by atoms with van der Waals surface area (Å²) in [4.78, 5) is 4.22. The van der Waals surface area contributed by atoms with Gasteiger partial charge in [-0.1, -0.05) is 12.2 Å². The van der Waals surface area contributed by atoms with Crippen molar-refractivity contribution in [3.05, 3.63) is 41.4 Å². The lowest BCUT2D eigenvalue weighted by atomic mass is 10.4. The summed E-state index contributed by atoms with van der Waals surface area (Å²) in [5, 5.41) is 5.94. The number of hydrogen-bond donors (Lipinski definition) is 2. The third-order valence-electron chi connectivity index (χ3n) is 1.80. The molecule has 3 nitrogen and oxygen atoms in total.